The summed E-state index contributed by atoms with van der Waals surface area (Å²) in [4.78, 5) is 12.5. The Balaban J connectivity index is 1.46. The first-order valence-corrected chi connectivity index (χ1v) is 8.20. The molecule has 1 aromatic carbocycles. The number of nitrogens with zero attached hydrogens (tertiary/aromatic N) is 7. The van der Waals surface area contributed by atoms with Gasteiger partial charge in [0, 0.05) is 19.2 Å². The van der Waals surface area contributed by atoms with Crippen LogP contribution < -0.4 is 5.32 Å². The predicted octanol–water partition coefficient (Wildman–Crippen LogP) is 1.33. The molecule has 130 valence electrons. The number of pyridine rings is 1. The molecule has 3 heterocycles. The average Bonchev–Trinajstić information content (AvgIpc) is 3.32. The van der Waals surface area contributed by atoms with Gasteiger partial charge in [-0.2, -0.15) is 0 Å². The summed E-state index contributed by atoms with van der Waals surface area (Å²) in [7, 11) is 0. The van der Waals surface area contributed by atoms with Crippen LogP contribution in [0.1, 0.15) is 16.2 Å². The first kappa shape index (κ1) is 16.2. The van der Waals surface area contributed by atoms with Gasteiger partial charge >= 0.3 is 0 Å². The zero-order valence-corrected chi connectivity index (χ0v) is 14.2. The van der Waals surface area contributed by atoms with Crippen LogP contribution in [0.25, 0.3) is 11.3 Å². The molecule has 26 heavy (non-hydrogen) atoms. The number of nitrogens with one attached hydrogen (secondary N) is 1. The van der Waals surface area contributed by atoms with Crippen molar-refractivity contribution in [3.8, 4) is 5.69 Å². The molecule has 0 aliphatic heterocycles. The number of rotatable bonds is 5. The standard InChI is InChI=1S/C16H13ClN8O/c17-13-5-4-11(25-10-19-22-23-25)9-12(13)16(26)18-7-6-15-21-20-14-3-1-2-8-24(14)15/h1-5,8-10H,6-7H2,(H,18,26). The zero-order valence-electron chi connectivity index (χ0n) is 13.4. The summed E-state index contributed by atoms with van der Waals surface area (Å²) in [5, 5.41) is 22.4. The molecule has 0 unspecified atom stereocenters. The van der Waals surface area contributed by atoms with Crippen LogP contribution in [0.2, 0.25) is 5.02 Å². The van der Waals surface area contributed by atoms with Crippen molar-refractivity contribution in [3.63, 3.8) is 0 Å². The first-order chi connectivity index (χ1) is 12.7. The number of hydrogen-bond acceptors (Lipinski definition) is 6. The molecule has 0 saturated heterocycles. The number of amides is 1. The van der Waals surface area contributed by atoms with Crippen LogP contribution in [-0.4, -0.2) is 47.3 Å². The Bertz CT molecular complexity index is 1060. The van der Waals surface area contributed by atoms with Gasteiger partial charge in [-0.3, -0.25) is 9.20 Å². The Morgan fingerprint density at radius 1 is 1.19 bits per heavy atom. The fourth-order valence-electron chi connectivity index (χ4n) is 2.55. The lowest BCUT2D eigenvalue weighted by molar-refractivity contribution is 0.0954. The van der Waals surface area contributed by atoms with Gasteiger partial charge in [-0.25, -0.2) is 4.68 Å². The van der Waals surface area contributed by atoms with Crippen LogP contribution in [0.15, 0.2) is 48.9 Å². The van der Waals surface area contributed by atoms with Gasteiger partial charge in [-0.05, 0) is 40.8 Å². The fourth-order valence-corrected chi connectivity index (χ4v) is 2.76. The number of aromatic nitrogens is 7. The maximum Gasteiger partial charge on any atom is 0.252 e. The molecule has 10 heteroatoms. The van der Waals surface area contributed by atoms with Crippen molar-refractivity contribution in [1.29, 1.82) is 0 Å². The van der Waals surface area contributed by atoms with Crippen LogP contribution in [0.5, 0.6) is 0 Å². The quantitative estimate of drug-likeness (QED) is 0.570. The maximum absolute atomic E-state index is 12.5. The van der Waals surface area contributed by atoms with Crippen LogP contribution in [0.3, 0.4) is 0 Å². The number of tetrazole rings is 1. The molecule has 9 nitrogen and oxygen atoms in total. The molecule has 4 aromatic rings. The Labute approximate surface area is 152 Å². The Morgan fingerprint density at radius 3 is 2.96 bits per heavy atom. The molecule has 0 fully saturated rings. The van der Waals surface area contributed by atoms with Gasteiger partial charge in [0.25, 0.3) is 5.91 Å². The van der Waals surface area contributed by atoms with Gasteiger partial charge < -0.3 is 5.32 Å². The van der Waals surface area contributed by atoms with Crippen molar-refractivity contribution in [2.45, 2.75) is 6.42 Å². The number of carbonyl (C=O) groups is 1. The number of halogens is 1. The van der Waals surface area contributed by atoms with Crippen molar-refractivity contribution < 1.29 is 4.79 Å². The smallest absolute Gasteiger partial charge is 0.252 e. The van der Waals surface area contributed by atoms with E-state index in [0.717, 1.165) is 11.5 Å². The minimum absolute atomic E-state index is 0.279. The molecule has 3 aromatic heterocycles. The third-order valence-corrected chi connectivity index (χ3v) is 4.16. The fraction of sp³-hybridized carbons (Fsp3) is 0.125. The number of fused-ring (bicyclic) bond motifs is 1. The van der Waals surface area contributed by atoms with E-state index < -0.39 is 0 Å². The molecule has 0 bridgehead atoms. The monoisotopic (exact) mass is 368 g/mol. The number of carbonyl (C=O) groups excluding carboxylic acids is 1. The second-order valence-electron chi connectivity index (χ2n) is 5.47. The molecule has 0 spiro atoms. The van der Waals surface area contributed by atoms with Gasteiger partial charge in [0.15, 0.2) is 5.65 Å². The van der Waals surface area contributed by atoms with E-state index in [0.29, 0.717) is 29.2 Å². The van der Waals surface area contributed by atoms with E-state index in [1.165, 1.54) is 11.0 Å². The lowest BCUT2D eigenvalue weighted by atomic mass is 10.2. The van der Waals surface area contributed by atoms with E-state index in [9.17, 15) is 4.79 Å². The molecule has 4 rings (SSSR count). The summed E-state index contributed by atoms with van der Waals surface area (Å²) in [5.41, 5.74) is 1.77. The molecular weight excluding hydrogens is 356 g/mol. The van der Waals surface area contributed by atoms with Crippen LogP contribution in [0, 0.1) is 0 Å². The third-order valence-electron chi connectivity index (χ3n) is 3.83. The summed E-state index contributed by atoms with van der Waals surface area (Å²) in [5.74, 6) is 0.494. The third kappa shape index (κ3) is 3.11. The van der Waals surface area contributed by atoms with Crippen LogP contribution >= 0.6 is 11.6 Å². The Kier molecular flexibility index (Phi) is 4.28. The van der Waals surface area contributed by atoms with Crippen molar-refractivity contribution in [2.24, 2.45) is 0 Å². The summed E-state index contributed by atoms with van der Waals surface area (Å²) < 4.78 is 3.34. The van der Waals surface area contributed by atoms with Gasteiger partial charge in [0.2, 0.25) is 0 Å². The molecule has 1 amide bonds. The highest BCUT2D eigenvalue weighted by Gasteiger charge is 2.13. The van der Waals surface area contributed by atoms with Crippen molar-refractivity contribution in [3.05, 3.63) is 65.3 Å². The van der Waals surface area contributed by atoms with E-state index >= 15 is 0 Å². The summed E-state index contributed by atoms with van der Waals surface area (Å²) in [6.45, 7) is 0.403. The van der Waals surface area contributed by atoms with Gasteiger partial charge in [0.1, 0.15) is 12.2 Å². The lowest BCUT2D eigenvalue weighted by Crippen LogP contribution is -2.26. The minimum atomic E-state index is -0.279. The summed E-state index contributed by atoms with van der Waals surface area (Å²) >= 11 is 6.16. The van der Waals surface area contributed by atoms with Crippen molar-refractivity contribution in [2.75, 3.05) is 6.54 Å². The van der Waals surface area contributed by atoms with Crippen LogP contribution in [0.4, 0.5) is 0 Å². The molecule has 1 N–H and O–H groups in total. The molecule has 0 aliphatic rings. The van der Waals surface area contributed by atoms with E-state index in [-0.39, 0.29) is 5.91 Å². The molecule has 0 saturated carbocycles. The van der Waals surface area contributed by atoms with E-state index in [1.807, 2.05) is 28.8 Å². The predicted molar refractivity (Wildman–Crippen MR) is 93.2 cm³/mol. The highest BCUT2D eigenvalue weighted by Crippen LogP contribution is 2.19. The lowest BCUT2D eigenvalue weighted by Gasteiger charge is -2.08. The van der Waals surface area contributed by atoms with Gasteiger partial charge in [-0.15, -0.1) is 15.3 Å². The van der Waals surface area contributed by atoms with E-state index in [1.54, 1.807) is 18.2 Å². The Hall–Kier alpha value is -3.33. The molecule has 0 radical (unpaired) electrons. The highest BCUT2D eigenvalue weighted by molar-refractivity contribution is 6.33. The molecule has 0 atom stereocenters. The average molecular weight is 369 g/mol. The van der Waals surface area contributed by atoms with Gasteiger partial charge in [0.05, 0.1) is 16.3 Å². The molecule has 0 aliphatic carbocycles. The summed E-state index contributed by atoms with van der Waals surface area (Å²) in [6.07, 6.45) is 3.88. The SMILES string of the molecule is O=C(NCCc1nnc2ccccn12)c1cc(-n2cnnn2)ccc1Cl. The zero-order chi connectivity index (χ0) is 17.9. The number of benzene rings is 1. The van der Waals surface area contributed by atoms with Gasteiger partial charge in [-0.1, -0.05) is 17.7 Å². The Morgan fingerprint density at radius 2 is 2.12 bits per heavy atom. The van der Waals surface area contributed by atoms with Crippen LogP contribution in [-0.2, 0) is 6.42 Å². The van der Waals surface area contributed by atoms with E-state index in [4.69, 9.17) is 11.6 Å². The van der Waals surface area contributed by atoms with Crippen molar-refractivity contribution >= 4 is 23.2 Å². The van der Waals surface area contributed by atoms with Crippen molar-refractivity contribution in [1.82, 2.24) is 40.1 Å². The highest BCUT2D eigenvalue weighted by atomic mass is 35.5. The number of hydrogen-bond donors (Lipinski definition) is 1. The minimum Gasteiger partial charge on any atom is -0.352 e. The van der Waals surface area contributed by atoms with E-state index in [2.05, 4.69) is 31.0 Å². The first-order valence-electron chi connectivity index (χ1n) is 7.82. The molecular formula is C16H13ClN8O. The summed E-state index contributed by atoms with van der Waals surface area (Å²) in [6, 6.07) is 10.7. The maximum atomic E-state index is 12.5. The second kappa shape index (κ2) is 6.89. The largest absolute Gasteiger partial charge is 0.352 e. The topological polar surface area (TPSA) is 103 Å². The second-order valence-corrected chi connectivity index (χ2v) is 5.88. The normalized spacial score (nSPS) is 11.0.